The number of nitrogens with zero attached hydrogens (tertiary/aromatic N) is 5. The Labute approximate surface area is 173 Å². The molecule has 0 bridgehead atoms. The molecule has 0 atom stereocenters. The molecule has 9 heteroatoms. The van der Waals surface area contributed by atoms with Crippen LogP contribution in [0.5, 0.6) is 0 Å². The standard InChI is InChI=1S/C20H24N6O2S/c27-18(12-29-20-22-23-24-26(20)17-9-10-17)25(16-7-8-16)11-13-1-3-14(4-2-13)19(28)21-15-5-6-15/h1-4,15-17H,5-12H2,(H,21,28). The molecule has 2 aromatic rings. The maximum atomic E-state index is 12.9. The molecule has 2 amide bonds. The minimum absolute atomic E-state index is 0.0149. The number of carbonyl (C=O) groups excluding carboxylic acids is 2. The Hall–Kier alpha value is -2.42. The van der Waals surface area contributed by atoms with Crippen molar-refractivity contribution in [1.82, 2.24) is 30.4 Å². The number of hydrogen-bond acceptors (Lipinski definition) is 6. The molecule has 5 rings (SSSR count). The predicted molar refractivity (Wildman–Crippen MR) is 107 cm³/mol. The molecule has 0 spiro atoms. The van der Waals surface area contributed by atoms with Crippen molar-refractivity contribution < 1.29 is 9.59 Å². The molecule has 8 nitrogen and oxygen atoms in total. The van der Waals surface area contributed by atoms with Gasteiger partial charge in [-0.05, 0) is 66.6 Å². The number of tetrazole rings is 1. The van der Waals surface area contributed by atoms with Gasteiger partial charge in [0.1, 0.15) is 0 Å². The number of carbonyl (C=O) groups is 2. The highest BCUT2D eigenvalue weighted by atomic mass is 32.2. The third kappa shape index (κ3) is 4.60. The number of aromatic nitrogens is 4. The second-order valence-electron chi connectivity index (χ2n) is 8.12. The lowest BCUT2D eigenvalue weighted by Crippen LogP contribution is -2.34. The minimum atomic E-state index is -0.0149. The van der Waals surface area contributed by atoms with E-state index < -0.39 is 0 Å². The average molecular weight is 413 g/mol. The first-order valence-electron chi connectivity index (χ1n) is 10.3. The third-order valence-corrected chi connectivity index (χ3v) is 6.39. The highest BCUT2D eigenvalue weighted by Crippen LogP contribution is 2.36. The van der Waals surface area contributed by atoms with Crippen molar-refractivity contribution in [3.05, 3.63) is 35.4 Å². The molecule has 1 aromatic heterocycles. The molecule has 1 heterocycles. The Morgan fingerprint density at radius 1 is 1.10 bits per heavy atom. The third-order valence-electron chi connectivity index (χ3n) is 5.47. The summed E-state index contributed by atoms with van der Waals surface area (Å²) in [6, 6.07) is 8.67. The van der Waals surface area contributed by atoms with E-state index in [2.05, 4.69) is 20.8 Å². The Morgan fingerprint density at radius 2 is 1.86 bits per heavy atom. The van der Waals surface area contributed by atoms with Gasteiger partial charge in [0.25, 0.3) is 5.91 Å². The van der Waals surface area contributed by atoms with Crippen LogP contribution in [0.2, 0.25) is 0 Å². The van der Waals surface area contributed by atoms with E-state index in [9.17, 15) is 9.59 Å². The number of benzene rings is 1. The van der Waals surface area contributed by atoms with Crippen molar-refractivity contribution in [1.29, 1.82) is 0 Å². The lowest BCUT2D eigenvalue weighted by atomic mass is 10.1. The first-order chi connectivity index (χ1) is 14.2. The van der Waals surface area contributed by atoms with Gasteiger partial charge < -0.3 is 10.2 Å². The fourth-order valence-corrected chi connectivity index (χ4v) is 4.13. The normalized spacial score (nSPS) is 18.5. The first-order valence-corrected chi connectivity index (χ1v) is 11.3. The van der Waals surface area contributed by atoms with E-state index in [1.54, 1.807) is 0 Å². The molecule has 1 N–H and O–H groups in total. The van der Waals surface area contributed by atoms with Crippen molar-refractivity contribution in [3.8, 4) is 0 Å². The van der Waals surface area contributed by atoms with Gasteiger partial charge in [-0.1, -0.05) is 23.9 Å². The summed E-state index contributed by atoms with van der Waals surface area (Å²) in [6.45, 7) is 0.572. The fraction of sp³-hybridized carbons (Fsp3) is 0.550. The van der Waals surface area contributed by atoms with Crippen molar-refractivity contribution in [3.63, 3.8) is 0 Å². The highest BCUT2D eigenvalue weighted by Gasteiger charge is 2.33. The van der Waals surface area contributed by atoms with Crippen molar-refractivity contribution >= 4 is 23.6 Å². The summed E-state index contributed by atoms with van der Waals surface area (Å²) in [5.74, 6) is 0.434. The molecule has 29 heavy (non-hydrogen) atoms. The average Bonchev–Trinajstić information content (AvgIpc) is 3.58. The van der Waals surface area contributed by atoms with Crippen LogP contribution in [-0.2, 0) is 11.3 Å². The quantitative estimate of drug-likeness (QED) is 0.635. The minimum Gasteiger partial charge on any atom is -0.349 e. The van der Waals surface area contributed by atoms with Crippen LogP contribution >= 0.6 is 11.8 Å². The molecular weight excluding hydrogens is 388 g/mol. The second-order valence-corrected chi connectivity index (χ2v) is 9.07. The molecule has 0 aliphatic heterocycles. The van der Waals surface area contributed by atoms with Gasteiger partial charge in [0, 0.05) is 24.2 Å². The fourth-order valence-electron chi connectivity index (χ4n) is 3.30. The molecule has 3 aliphatic rings. The monoisotopic (exact) mass is 412 g/mol. The highest BCUT2D eigenvalue weighted by molar-refractivity contribution is 7.99. The lowest BCUT2D eigenvalue weighted by Gasteiger charge is -2.22. The van der Waals surface area contributed by atoms with Crippen LogP contribution in [0.1, 0.15) is 60.5 Å². The summed E-state index contributed by atoms with van der Waals surface area (Å²) in [5.41, 5.74) is 1.72. The Morgan fingerprint density at radius 3 is 2.52 bits per heavy atom. The number of hydrogen-bond donors (Lipinski definition) is 1. The van der Waals surface area contributed by atoms with E-state index in [1.165, 1.54) is 11.8 Å². The van der Waals surface area contributed by atoms with E-state index in [-0.39, 0.29) is 11.8 Å². The van der Waals surface area contributed by atoms with Crippen LogP contribution in [0.25, 0.3) is 0 Å². The van der Waals surface area contributed by atoms with E-state index in [4.69, 9.17) is 0 Å². The van der Waals surface area contributed by atoms with Crippen LogP contribution in [0, 0.1) is 0 Å². The van der Waals surface area contributed by atoms with E-state index >= 15 is 0 Å². The van der Waals surface area contributed by atoms with E-state index in [1.807, 2.05) is 33.8 Å². The number of amides is 2. The lowest BCUT2D eigenvalue weighted by molar-refractivity contribution is -0.129. The van der Waals surface area contributed by atoms with Crippen molar-refractivity contribution in [2.75, 3.05) is 5.75 Å². The van der Waals surface area contributed by atoms with E-state index in [0.29, 0.717) is 36.0 Å². The summed E-state index contributed by atoms with van der Waals surface area (Å²) in [7, 11) is 0. The summed E-state index contributed by atoms with van der Waals surface area (Å²) in [5, 5.41) is 15.6. The van der Waals surface area contributed by atoms with Crippen LogP contribution in [0.4, 0.5) is 0 Å². The Kier molecular flexibility index (Phi) is 4.99. The van der Waals surface area contributed by atoms with Crippen LogP contribution in [-0.4, -0.2) is 54.8 Å². The second kappa shape index (κ2) is 7.78. The SMILES string of the molecule is O=C(NC1CC1)c1ccc(CN(C(=O)CSc2nnnn2C2CC2)C2CC2)cc1. The Balaban J connectivity index is 1.19. The van der Waals surface area contributed by atoms with Gasteiger partial charge in [0.2, 0.25) is 11.1 Å². The maximum Gasteiger partial charge on any atom is 0.251 e. The topological polar surface area (TPSA) is 93.0 Å². The number of rotatable bonds is 9. The number of nitrogens with one attached hydrogen (secondary N) is 1. The van der Waals surface area contributed by atoms with Crippen LogP contribution < -0.4 is 5.32 Å². The molecule has 0 saturated heterocycles. The molecule has 3 fully saturated rings. The van der Waals surface area contributed by atoms with Gasteiger partial charge >= 0.3 is 0 Å². The van der Waals surface area contributed by atoms with Crippen molar-refractivity contribution in [2.24, 2.45) is 0 Å². The molecule has 152 valence electrons. The molecule has 0 radical (unpaired) electrons. The summed E-state index contributed by atoms with van der Waals surface area (Å²) in [6.07, 6.45) is 6.47. The Bertz CT molecular complexity index is 902. The predicted octanol–water partition coefficient (Wildman–Crippen LogP) is 2.18. The smallest absolute Gasteiger partial charge is 0.251 e. The summed E-state index contributed by atoms with van der Waals surface area (Å²) in [4.78, 5) is 27.0. The van der Waals surface area contributed by atoms with E-state index in [0.717, 1.165) is 49.2 Å². The summed E-state index contributed by atoms with van der Waals surface area (Å²) >= 11 is 1.41. The van der Waals surface area contributed by atoms with Crippen LogP contribution in [0.15, 0.2) is 29.4 Å². The van der Waals surface area contributed by atoms with Gasteiger partial charge in [0.15, 0.2) is 0 Å². The zero-order valence-electron chi connectivity index (χ0n) is 16.2. The van der Waals surface area contributed by atoms with Crippen LogP contribution in [0.3, 0.4) is 0 Å². The zero-order valence-corrected chi connectivity index (χ0v) is 17.0. The van der Waals surface area contributed by atoms with Crippen molar-refractivity contribution in [2.45, 2.75) is 68.4 Å². The van der Waals surface area contributed by atoms with Gasteiger partial charge in [-0.25, -0.2) is 4.68 Å². The molecule has 3 aliphatic carbocycles. The molecular formula is C20H24N6O2S. The first kappa shape index (κ1) is 18.6. The zero-order chi connectivity index (χ0) is 19.8. The van der Waals surface area contributed by atoms with Gasteiger partial charge in [-0.2, -0.15) is 0 Å². The molecule has 3 saturated carbocycles. The molecule has 0 unspecified atom stereocenters. The molecule has 1 aromatic carbocycles. The van der Waals surface area contributed by atoms with Gasteiger partial charge in [-0.3, -0.25) is 9.59 Å². The van der Waals surface area contributed by atoms with Gasteiger partial charge in [-0.15, -0.1) is 5.10 Å². The van der Waals surface area contributed by atoms with Gasteiger partial charge in [0.05, 0.1) is 11.8 Å². The summed E-state index contributed by atoms with van der Waals surface area (Å²) < 4.78 is 1.84. The maximum absolute atomic E-state index is 12.9. The number of thioether (sulfide) groups is 1. The largest absolute Gasteiger partial charge is 0.349 e.